The molecule has 0 aliphatic heterocycles. The van der Waals surface area contributed by atoms with Gasteiger partial charge in [-0.3, -0.25) is 0 Å². The van der Waals surface area contributed by atoms with E-state index in [0.717, 1.165) is 13.0 Å². The highest BCUT2D eigenvalue weighted by Gasteiger charge is 2.24. The molecule has 0 aliphatic rings. The van der Waals surface area contributed by atoms with Gasteiger partial charge in [0.2, 0.25) is 0 Å². The van der Waals surface area contributed by atoms with Gasteiger partial charge in [0.1, 0.15) is 0 Å². The van der Waals surface area contributed by atoms with Crippen molar-refractivity contribution in [3.05, 3.63) is 35.9 Å². The molecule has 0 amide bonds. The molecule has 0 spiro atoms. The van der Waals surface area contributed by atoms with Crippen LogP contribution in [0.15, 0.2) is 30.3 Å². The highest BCUT2D eigenvalue weighted by molar-refractivity contribution is 5.14. The molecule has 0 bridgehead atoms. The first-order valence-corrected chi connectivity index (χ1v) is 5.87. The van der Waals surface area contributed by atoms with Gasteiger partial charge in [-0.05, 0) is 24.8 Å². The topological polar surface area (TPSA) is 12.0 Å². The first kappa shape index (κ1) is 12.3. The first-order valence-electron chi connectivity index (χ1n) is 5.87. The van der Waals surface area contributed by atoms with Crippen molar-refractivity contribution in [2.24, 2.45) is 5.92 Å². The Morgan fingerprint density at radius 1 is 1.20 bits per heavy atom. The zero-order chi connectivity index (χ0) is 11.3. The molecule has 1 N–H and O–H groups in total. The molecule has 84 valence electrons. The number of nitrogens with one attached hydrogen (secondary N) is 1. The molecule has 1 aromatic carbocycles. The predicted molar refractivity (Wildman–Crippen MR) is 66.8 cm³/mol. The van der Waals surface area contributed by atoms with Crippen molar-refractivity contribution in [2.45, 2.75) is 46.2 Å². The summed E-state index contributed by atoms with van der Waals surface area (Å²) in [5.41, 5.74) is 1.60. The lowest BCUT2D eigenvalue weighted by Crippen LogP contribution is -2.45. The van der Waals surface area contributed by atoms with Crippen LogP contribution in [0, 0.1) is 5.92 Å². The molecule has 0 saturated heterocycles. The molecule has 0 fully saturated rings. The van der Waals surface area contributed by atoms with E-state index >= 15 is 0 Å². The van der Waals surface area contributed by atoms with E-state index in [1.165, 1.54) is 5.56 Å². The van der Waals surface area contributed by atoms with Crippen LogP contribution in [0.4, 0.5) is 0 Å². The summed E-state index contributed by atoms with van der Waals surface area (Å²) in [4.78, 5) is 0. The van der Waals surface area contributed by atoms with Crippen LogP contribution < -0.4 is 5.32 Å². The Labute approximate surface area is 93.9 Å². The average molecular weight is 205 g/mol. The summed E-state index contributed by atoms with van der Waals surface area (Å²) in [7, 11) is 0. The van der Waals surface area contributed by atoms with Crippen LogP contribution in [-0.4, -0.2) is 5.54 Å². The van der Waals surface area contributed by atoms with E-state index in [1.807, 2.05) is 0 Å². The van der Waals surface area contributed by atoms with Crippen LogP contribution >= 0.6 is 0 Å². The van der Waals surface area contributed by atoms with Crippen LogP contribution in [0.1, 0.15) is 39.7 Å². The van der Waals surface area contributed by atoms with Gasteiger partial charge in [0.15, 0.2) is 0 Å². The summed E-state index contributed by atoms with van der Waals surface area (Å²) in [6, 6.07) is 10.6. The standard InChI is InChI=1S/C14H23N/c1-5-14(4,12(2)3)15-11-13-9-7-6-8-10-13/h6-10,12,15H,5,11H2,1-4H3. The van der Waals surface area contributed by atoms with Gasteiger partial charge in [-0.25, -0.2) is 0 Å². The maximum absolute atomic E-state index is 3.66. The summed E-state index contributed by atoms with van der Waals surface area (Å²) >= 11 is 0. The van der Waals surface area contributed by atoms with E-state index in [9.17, 15) is 0 Å². The lowest BCUT2D eigenvalue weighted by atomic mass is 9.86. The van der Waals surface area contributed by atoms with Crippen molar-refractivity contribution in [1.29, 1.82) is 0 Å². The first-order chi connectivity index (χ1) is 7.08. The minimum atomic E-state index is 0.246. The predicted octanol–water partition coefficient (Wildman–Crippen LogP) is 3.60. The number of benzene rings is 1. The Hall–Kier alpha value is -0.820. The van der Waals surface area contributed by atoms with Crippen molar-refractivity contribution in [3.8, 4) is 0 Å². The smallest absolute Gasteiger partial charge is 0.0210 e. The third-order valence-electron chi connectivity index (χ3n) is 3.55. The molecule has 1 heteroatoms. The Morgan fingerprint density at radius 3 is 2.27 bits per heavy atom. The summed E-state index contributed by atoms with van der Waals surface area (Å²) < 4.78 is 0. The molecule has 1 rings (SSSR count). The van der Waals surface area contributed by atoms with E-state index in [2.05, 4.69) is 63.3 Å². The molecule has 15 heavy (non-hydrogen) atoms. The second kappa shape index (κ2) is 5.32. The van der Waals surface area contributed by atoms with Gasteiger partial charge in [0, 0.05) is 12.1 Å². The minimum absolute atomic E-state index is 0.246. The van der Waals surface area contributed by atoms with Gasteiger partial charge >= 0.3 is 0 Å². The molecule has 1 unspecified atom stereocenters. The van der Waals surface area contributed by atoms with Crippen molar-refractivity contribution in [1.82, 2.24) is 5.32 Å². The highest BCUT2D eigenvalue weighted by atomic mass is 15.0. The maximum Gasteiger partial charge on any atom is 0.0210 e. The van der Waals surface area contributed by atoms with Crippen molar-refractivity contribution in [2.75, 3.05) is 0 Å². The van der Waals surface area contributed by atoms with E-state index < -0.39 is 0 Å². The number of rotatable bonds is 5. The average Bonchev–Trinajstić information content (AvgIpc) is 2.27. The Bertz CT molecular complexity index is 279. The zero-order valence-corrected chi connectivity index (χ0v) is 10.4. The van der Waals surface area contributed by atoms with Crippen molar-refractivity contribution in [3.63, 3.8) is 0 Å². The third-order valence-corrected chi connectivity index (χ3v) is 3.55. The van der Waals surface area contributed by atoms with Gasteiger partial charge in [0.25, 0.3) is 0 Å². The molecule has 0 heterocycles. The fraction of sp³-hybridized carbons (Fsp3) is 0.571. The second-order valence-corrected chi connectivity index (χ2v) is 4.76. The monoisotopic (exact) mass is 205 g/mol. The van der Waals surface area contributed by atoms with Crippen molar-refractivity contribution >= 4 is 0 Å². The normalized spacial score (nSPS) is 15.3. The largest absolute Gasteiger partial charge is 0.307 e. The zero-order valence-electron chi connectivity index (χ0n) is 10.4. The van der Waals surface area contributed by atoms with E-state index in [0.29, 0.717) is 5.92 Å². The van der Waals surface area contributed by atoms with Gasteiger partial charge < -0.3 is 5.32 Å². The third kappa shape index (κ3) is 3.35. The SMILES string of the molecule is CCC(C)(NCc1ccccc1)C(C)C. The Morgan fingerprint density at radius 2 is 1.80 bits per heavy atom. The maximum atomic E-state index is 3.66. The summed E-state index contributed by atoms with van der Waals surface area (Å²) in [6.45, 7) is 10.1. The summed E-state index contributed by atoms with van der Waals surface area (Å²) in [6.07, 6.45) is 1.16. The van der Waals surface area contributed by atoms with Crippen LogP contribution in [0.25, 0.3) is 0 Å². The van der Waals surface area contributed by atoms with Gasteiger partial charge in [-0.15, -0.1) is 0 Å². The van der Waals surface area contributed by atoms with Crippen molar-refractivity contribution < 1.29 is 0 Å². The minimum Gasteiger partial charge on any atom is -0.307 e. The fourth-order valence-electron chi connectivity index (χ4n) is 1.64. The summed E-state index contributed by atoms with van der Waals surface area (Å²) in [5, 5.41) is 3.66. The van der Waals surface area contributed by atoms with Crippen LogP contribution in [0.3, 0.4) is 0 Å². The molecule has 0 aromatic heterocycles. The molecule has 0 radical (unpaired) electrons. The molecular weight excluding hydrogens is 182 g/mol. The lowest BCUT2D eigenvalue weighted by Gasteiger charge is -2.34. The lowest BCUT2D eigenvalue weighted by molar-refractivity contribution is 0.249. The molecular formula is C14H23N. The van der Waals surface area contributed by atoms with Gasteiger partial charge in [-0.2, -0.15) is 0 Å². The molecule has 1 nitrogen and oxygen atoms in total. The Balaban J connectivity index is 2.55. The quantitative estimate of drug-likeness (QED) is 0.774. The van der Waals surface area contributed by atoms with Crippen LogP contribution in [0.5, 0.6) is 0 Å². The van der Waals surface area contributed by atoms with Crippen LogP contribution in [-0.2, 0) is 6.54 Å². The highest BCUT2D eigenvalue weighted by Crippen LogP contribution is 2.20. The van der Waals surface area contributed by atoms with Gasteiger partial charge in [-0.1, -0.05) is 51.1 Å². The van der Waals surface area contributed by atoms with E-state index in [4.69, 9.17) is 0 Å². The fourth-order valence-corrected chi connectivity index (χ4v) is 1.64. The second-order valence-electron chi connectivity index (χ2n) is 4.76. The van der Waals surface area contributed by atoms with E-state index in [-0.39, 0.29) is 5.54 Å². The summed E-state index contributed by atoms with van der Waals surface area (Å²) in [5.74, 6) is 0.659. The molecule has 1 atom stereocenters. The van der Waals surface area contributed by atoms with Crippen LogP contribution in [0.2, 0.25) is 0 Å². The Kier molecular flexibility index (Phi) is 4.34. The van der Waals surface area contributed by atoms with E-state index in [1.54, 1.807) is 0 Å². The number of hydrogen-bond acceptors (Lipinski definition) is 1. The van der Waals surface area contributed by atoms with Gasteiger partial charge in [0.05, 0.1) is 0 Å². The molecule has 0 saturated carbocycles. The molecule has 0 aliphatic carbocycles. The number of hydrogen-bond donors (Lipinski definition) is 1. The molecule has 1 aromatic rings.